The molecule has 4 rings (SSSR count). The Kier molecular flexibility index (Phi) is 4.94. The highest BCUT2D eigenvalue weighted by atomic mass is 32.2. The first-order valence-corrected chi connectivity index (χ1v) is 11.4. The Morgan fingerprint density at radius 2 is 1.96 bits per heavy atom. The molecule has 0 bridgehead atoms. The van der Waals surface area contributed by atoms with E-state index in [4.69, 9.17) is 4.18 Å². The SMILES string of the molecule is O=C(Nc1ncc(-c2nccs2)s1)c1ccc(OS(=O)(=O)C2CCC2)cc1. The van der Waals surface area contributed by atoms with Gasteiger partial charge in [0.15, 0.2) is 5.13 Å². The van der Waals surface area contributed by atoms with Gasteiger partial charge in [0.1, 0.15) is 10.8 Å². The summed E-state index contributed by atoms with van der Waals surface area (Å²) in [6, 6.07) is 6.01. The van der Waals surface area contributed by atoms with Crippen LogP contribution in [0.3, 0.4) is 0 Å². The summed E-state index contributed by atoms with van der Waals surface area (Å²) in [5.41, 5.74) is 0.384. The molecule has 0 atom stereocenters. The molecule has 1 aromatic carbocycles. The zero-order valence-electron chi connectivity index (χ0n) is 14.0. The van der Waals surface area contributed by atoms with E-state index >= 15 is 0 Å². The number of hydrogen-bond acceptors (Lipinski definition) is 8. The molecule has 1 aliphatic rings. The van der Waals surface area contributed by atoms with Crippen LogP contribution < -0.4 is 9.50 Å². The number of anilines is 1. The van der Waals surface area contributed by atoms with Crippen LogP contribution in [0.4, 0.5) is 5.13 Å². The van der Waals surface area contributed by atoms with Crippen LogP contribution in [0.15, 0.2) is 42.0 Å². The van der Waals surface area contributed by atoms with Gasteiger partial charge in [-0.3, -0.25) is 10.1 Å². The second-order valence-corrected chi connectivity index (χ2v) is 9.72. The molecule has 2 aromatic heterocycles. The van der Waals surface area contributed by atoms with E-state index < -0.39 is 15.4 Å². The molecule has 140 valence electrons. The maximum Gasteiger partial charge on any atom is 0.312 e. The molecule has 1 amide bonds. The third-order valence-electron chi connectivity index (χ3n) is 4.16. The zero-order chi connectivity index (χ0) is 18.9. The lowest BCUT2D eigenvalue weighted by molar-refractivity contribution is 0.102. The van der Waals surface area contributed by atoms with Gasteiger partial charge in [-0.1, -0.05) is 17.8 Å². The number of nitrogens with zero attached hydrogens (tertiary/aromatic N) is 2. The fourth-order valence-corrected chi connectivity index (χ4v) is 5.41. The minimum Gasteiger partial charge on any atom is -0.382 e. The van der Waals surface area contributed by atoms with E-state index in [1.165, 1.54) is 46.9 Å². The smallest absolute Gasteiger partial charge is 0.312 e. The van der Waals surface area contributed by atoms with Crippen molar-refractivity contribution < 1.29 is 17.4 Å². The highest BCUT2D eigenvalue weighted by molar-refractivity contribution is 7.87. The van der Waals surface area contributed by atoms with E-state index in [2.05, 4.69) is 15.3 Å². The molecule has 27 heavy (non-hydrogen) atoms. The van der Waals surface area contributed by atoms with Crippen LogP contribution in [0.5, 0.6) is 5.75 Å². The molecule has 1 fully saturated rings. The number of nitrogens with one attached hydrogen (secondary N) is 1. The predicted octanol–water partition coefficient (Wildman–Crippen LogP) is 3.78. The van der Waals surface area contributed by atoms with Crippen molar-refractivity contribution in [1.82, 2.24) is 9.97 Å². The first-order valence-electron chi connectivity index (χ1n) is 8.22. The number of carbonyl (C=O) groups is 1. The molecule has 0 radical (unpaired) electrons. The van der Waals surface area contributed by atoms with Crippen molar-refractivity contribution in [1.29, 1.82) is 0 Å². The summed E-state index contributed by atoms with van der Waals surface area (Å²) in [5.74, 6) is -0.123. The molecule has 0 spiro atoms. The van der Waals surface area contributed by atoms with Crippen molar-refractivity contribution in [2.75, 3.05) is 5.32 Å². The van der Waals surface area contributed by atoms with E-state index in [0.29, 0.717) is 23.5 Å². The first kappa shape index (κ1) is 18.1. The standard InChI is InChI=1S/C17H15N3O4S3/c21-15(20-17-19-10-14(26-17)16-18-8-9-25-16)11-4-6-12(7-5-11)24-27(22,23)13-2-1-3-13/h4-10,13H,1-3H2,(H,19,20,21). The van der Waals surface area contributed by atoms with Gasteiger partial charge in [-0.05, 0) is 37.1 Å². The number of benzene rings is 1. The van der Waals surface area contributed by atoms with Crippen molar-refractivity contribution >= 4 is 43.8 Å². The second kappa shape index (κ2) is 7.37. The van der Waals surface area contributed by atoms with E-state index in [0.717, 1.165) is 16.3 Å². The zero-order valence-corrected chi connectivity index (χ0v) is 16.4. The van der Waals surface area contributed by atoms with Crippen LogP contribution in [-0.2, 0) is 10.1 Å². The number of thiazole rings is 2. The summed E-state index contributed by atoms with van der Waals surface area (Å²) in [4.78, 5) is 21.6. The minimum absolute atomic E-state index is 0.207. The fourth-order valence-electron chi connectivity index (χ4n) is 2.47. The van der Waals surface area contributed by atoms with Crippen LogP contribution in [0, 0.1) is 0 Å². The van der Waals surface area contributed by atoms with Crippen LogP contribution in [-0.4, -0.2) is 29.5 Å². The van der Waals surface area contributed by atoms with E-state index in [-0.39, 0.29) is 11.7 Å². The van der Waals surface area contributed by atoms with Crippen molar-refractivity contribution in [3.63, 3.8) is 0 Å². The number of carbonyl (C=O) groups excluding carboxylic acids is 1. The summed E-state index contributed by atoms with van der Waals surface area (Å²) in [6.45, 7) is 0. The first-order chi connectivity index (χ1) is 13.0. The Balaban J connectivity index is 1.40. The summed E-state index contributed by atoms with van der Waals surface area (Å²) < 4.78 is 29.2. The summed E-state index contributed by atoms with van der Waals surface area (Å²) in [6.07, 6.45) is 5.57. The van der Waals surface area contributed by atoms with Crippen molar-refractivity contribution in [2.45, 2.75) is 24.5 Å². The molecule has 3 aromatic rings. The number of rotatable bonds is 6. The number of hydrogen-bond donors (Lipinski definition) is 1. The van der Waals surface area contributed by atoms with Gasteiger partial charge in [0.25, 0.3) is 5.91 Å². The molecule has 10 heteroatoms. The lowest BCUT2D eigenvalue weighted by Gasteiger charge is -2.24. The van der Waals surface area contributed by atoms with Crippen LogP contribution in [0.1, 0.15) is 29.6 Å². The van der Waals surface area contributed by atoms with Crippen molar-refractivity contribution in [3.05, 3.63) is 47.6 Å². The molecular formula is C17H15N3O4S3. The Morgan fingerprint density at radius 1 is 1.19 bits per heavy atom. The summed E-state index contributed by atoms with van der Waals surface area (Å²) in [7, 11) is -3.59. The Hall–Kier alpha value is -2.30. The Bertz CT molecular complexity index is 1040. The Morgan fingerprint density at radius 3 is 2.59 bits per heavy atom. The Labute approximate surface area is 164 Å². The lowest BCUT2D eigenvalue weighted by atomic mass is 10.0. The molecular weight excluding hydrogens is 406 g/mol. The molecule has 0 saturated heterocycles. The van der Waals surface area contributed by atoms with Crippen molar-refractivity contribution in [3.8, 4) is 15.6 Å². The van der Waals surface area contributed by atoms with Crippen molar-refractivity contribution in [2.24, 2.45) is 0 Å². The van der Waals surface area contributed by atoms with Gasteiger partial charge in [-0.2, -0.15) is 8.42 Å². The molecule has 2 heterocycles. The second-order valence-electron chi connectivity index (χ2n) is 5.97. The average molecular weight is 422 g/mol. The molecule has 0 aliphatic heterocycles. The molecule has 1 N–H and O–H groups in total. The monoisotopic (exact) mass is 421 g/mol. The van der Waals surface area contributed by atoms with Gasteiger partial charge in [0.05, 0.1) is 16.3 Å². The van der Waals surface area contributed by atoms with Gasteiger partial charge in [0, 0.05) is 17.1 Å². The van der Waals surface area contributed by atoms with Gasteiger partial charge in [-0.25, -0.2) is 9.97 Å². The van der Waals surface area contributed by atoms with E-state index in [9.17, 15) is 13.2 Å². The topological polar surface area (TPSA) is 98.2 Å². The highest BCUT2D eigenvalue weighted by Gasteiger charge is 2.33. The highest BCUT2D eigenvalue weighted by Crippen LogP contribution is 2.31. The van der Waals surface area contributed by atoms with E-state index in [1.54, 1.807) is 12.4 Å². The van der Waals surface area contributed by atoms with Gasteiger partial charge in [-0.15, -0.1) is 11.3 Å². The van der Waals surface area contributed by atoms with Crippen LogP contribution >= 0.6 is 22.7 Å². The number of aromatic nitrogens is 2. The maximum atomic E-state index is 12.4. The summed E-state index contributed by atoms with van der Waals surface area (Å²) in [5, 5.41) is 5.51. The van der Waals surface area contributed by atoms with Crippen LogP contribution in [0.2, 0.25) is 0 Å². The third-order valence-corrected chi connectivity index (χ3v) is 7.73. The normalized spacial score (nSPS) is 14.5. The fraction of sp³-hybridized carbons (Fsp3) is 0.235. The third kappa shape index (κ3) is 4.02. The van der Waals surface area contributed by atoms with Gasteiger partial charge >= 0.3 is 10.1 Å². The lowest BCUT2D eigenvalue weighted by Crippen LogP contribution is -2.31. The average Bonchev–Trinajstić information content (AvgIpc) is 3.24. The summed E-state index contributed by atoms with van der Waals surface area (Å²) >= 11 is 2.84. The minimum atomic E-state index is -3.59. The van der Waals surface area contributed by atoms with Crippen LogP contribution in [0.25, 0.3) is 9.88 Å². The molecule has 1 aliphatic carbocycles. The largest absolute Gasteiger partial charge is 0.382 e. The van der Waals surface area contributed by atoms with Gasteiger partial charge < -0.3 is 4.18 Å². The van der Waals surface area contributed by atoms with E-state index in [1.807, 2.05) is 5.38 Å². The van der Waals surface area contributed by atoms with Gasteiger partial charge in [0.2, 0.25) is 0 Å². The molecule has 7 nitrogen and oxygen atoms in total. The molecule has 1 saturated carbocycles. The number of amides is 1. The maximum absolute atomic E-state index is 12.4. The predicted molar refractivity (Wildman–Crippen MR) is 105 cm³/mol. The molecule has 0 unspecified atom stereocenters. The quantitative estimate of drug-likeness (QED) is 0.608.